The standard InChI is InChI=1S/C26H37N3O6/c1-25(2,3)35-24(33)26(13-15-27-16-14-26)20-11-9-18(10-12-20)22(31)29-28-21(30)17-5-7-19(8-6-17)23(32)34-4/h9-12,17,19,27H,5-8,13-16H2,1-4H3,(H,28,30)(H,29,31). The fourth-order valence-corrected chi connectivity index (χ4v) is 4.83. The van der Waals surface area contributed by atoms with Crippen molar-refractivity contribution in [3.8, 4) is 0 Å². The van der Waals surface area contributed by atoms with Crippen LogP contribution in [0.25, 0.3) is 0 Å². The van der Waals surface area contributed by atoms with E-state index < -0.39 is 16.9 Å². The van der Waals surface area contributed by atoms with E-state index in [0.717, 1.165) is 5.56 Å². The number of hydrogen-bond donors (Lipinski definition) is 3. The number of methoxy groups -OCH3 is 1. The molecule has 2 aliphatic rings. The molecular weight excluding hydrogens is 450 g/mol. The zero-order valence-corrected chi connectivity index (χ0v) is 21.1. The highest BCUT2D eigenvalue weighted by molar-refractivity contribution is 5.96. The van der Waals surface area contributed by atoms with Gasteiger partial charge < -0.3 is 14.8 Å². The predicted octanol–water partition coefficient (Wildman–Crippen LogP) is 2.39. The van der Waals surface area contributed by atoms with Gasteiger partial charge >= 0.3 is 11.9 Å². The molecule has 0 radical (unpaired) electrons. The lowest BCUT2D eigenvalue weighted by Crippen LogP contribution is -2.48. The molecule has 1 aliphatic carbocycles. The van der Waals surface area contributed by atoms with Crippen LogP contribution in [-0.4, -0.2) is 49.6 Å². The Hall–Kier alpha value is -2.94. The Bertz CT molecular complexity index is 923. The molecule has 0 spiro atoms. The van der Waals surface area contributed by atoms with Crippen molar-refractivity contribution in [3.63, 3.8) is 0 Å². The number of carbonyl (C=O) groups is 4. The Labute approximate surface area is 206 Å². The maximum absolute atomic E-state index is 13.2. The van der Waals surface area contributed by atoms with Crippen LogP contribution < -0.4 is 16.2 Å². The molecule has 0 atom stereocenters. The van der Waals surface area contributed by atoms with Crippen LogP contribution in [0.5, 0.6) is 0 Å². The number of piperidine rings is 1. The third-order valence-electron chi connectivity index (χ3n) is 6.88. The molecule has 9 nitrogen and oxygen atoms in total. The minimum Gasteiger partial charge on any atom is -0.469 e. The number of esters is 2. The molecular formula is C26H37N3O6. The molecule has 3 N–H and O–H groups in total. The summed E-state index contributed by atoms with van der Waals surface area (Å²) in [4.78, 5) is 49.9. The van der Waals surface area contributed by atoms with E-state index in [1.165, 1.54) is 7.11 Å². The van der Waals surface area contributed by atoms with Gasteiger partial charge in [-0.3, -0.25) is 30.0 Å². The second-order valence-electron chi connectivity index (χ2n) is 10.4. The van der Waals surface area contributed by atoms with Crippen molar-refractivity contribution < 1.29 is 28.7 Å². The molecule has 1 aliphatic heterocycles. The summed E-state index contributed by atoms with van der Waals surface area (Å²) in [5.41, 5.74) is 4.81. The van der Waals surface area contributed by atoms with Gasteiger partial charge in [-0.1, -0.05) is 12.1 Å². The third kappa shape index (κ3) is 6.60. The van der Waals surface area contributed by atoms with E-state index in [4.69, 9.17) is 9.47 Å². The summed E-state index contributed by atoms with van der Waals surface area (Å²) in [5.74, 6) is -1.62. The van der Waals surface area contributed by atoms with Gasteiger partial charge in [0.1, 0.15) is 5.60 Å². The van der Waals surface area contributed by atoms with Gasteiger partial charge in [0, 0.05) is 11.5 Å². The Balaban J connectivity index is 1.59. The molecule has 2 fully saturated rings. The number of amides is 2. The summed E-state index contributed by atoms with van der Waals surface area (Å²) >= 11 is 0. The lowest BCUT2D eigenvalue weighted by Gasteiger charge is -2.38. The normalized spacial score (nSPS) is 21.9. The van der Waals surface area contributed by atoms with Crippen LogP contribution in [0.2, 0.25) is 0 Å². The van der Waals surface area contributed by atoms with E-state index in [-0.39, 0.29) is 29.7 Å². The molecule has 9 heteroatoms. The summed E-state index contributed by atoms with van der Waals surface area (Å²) in [6.07, 6.45) is 3.54. The fourth-order valence-electron chi connectivity index (χ4n) is 4.83. The Morgan fingerprint density at radius 1 is 0.914 bits per heavy atom. The Kier molecular flexibility index (Phi) is 8.53. The van der Waals surface area contributed by atoms with E-state index in [1.807, 2.05) is 20.8 Å². The van der Waals surface area contributed by atoms with Crippen molar-refractivity contribution in [1.82, 2.24) is 16.2 Å². The van der Waals surface area contributed by atoms with Gasteiger partial charge in [0.15, 0.2) is 0 Å². The first-order valence-corrected chi connectivity index (χ1v) is 12.3. The molecule has 0 aromatic heterocycles. The van der Waals surface area contributed by atoms with E-state index in [2.05, 4.69) is 16.2 Å². The summed E-state index contributed by atoms with van der Waals surface area (Å²) in [5, 5.41) is 3.29. The van der Waals surface area contributed by atoms with Gasteiger partial charge in [-0.2, -0.15) is 0 Å². The Morgan fingerprint density at radius 3 is 2.03 bits per heavy atom. The summed E-state index contributed by atoms with van der Waals surface area (Å²) < 4.78 is 10.5. The second kappa shape index (κ2) is 11.2. The molecule has 3 rings (SSSR count). The number of benzene rings is 1. The second-order valence-corrected chi connectivity index (χ2v) is 10.4. The van der Waals surface area contributed by atoms with Crippen molar-refractivity contribution in [3.05, 3.63) is 35.4 Å². The van der Waals surface area contributed by atoms with Gasteiger partial charge in [-0.25, -0.2) is 0 Å². The van der Waals surface area contributed by atoms with Crippen LogP contribution in [0.3, 0.4) is 0 Å². The zero-order valence-electron chi connectivity index (χ0n) is 21.1. The number of carbonyl (C=O) groups excluding carboxylic acids is 4. The van der Waals surface area contributed by atoms with Crippen molar-refractivity contribution in [1.29, 1.82) is 0 Å². The lowest BCUT2D eigenvalue weighted by atomic mass is 9.73. The number of rotatable bonds is 5. The first-order valence-electron chi connectivity index (χ1n) is 12.3. The molecule has 0 unspecified atom stereocenters. The minimum absolute atomic E-state index is 0.166. The average molecular weight is 488 g/mol. The van der Waals surface area contributed by atoms with Crippen LogP contribution in [0.4, 0.5) is 0 Å². The number of hydrazine groups is 1. The highest BCUT2D eigenvalue weighted by Gasteiger charge is 2.44. The van der Waals surface area contributed by atoms with Crippen LogP contribution in [0.15, 0.2) is 24.3 Å². The lowest BCUT2D eigenvalue weighted by molar-refractivity contribution is -0.163. The smallest absolute Gasteiger partial charge is 0.317 e. The van der Waals surface area contributed by atoms with Crippen LogP contribution in [0.1, 0.15) is 75.2 Å². The summed E-state index contributed by atoms with van der Waals surface area (Å²) in [6, 6.07) is 6.90. The van der Waals surface area contributed by atoms with Gasteiger partial charge in [0.05, 0.1) is 18.4 Å². The van der Waals surface area contributed by atoms with Gasteiger partial charge in [-0.05, 0) is 90.1 Å². The number of hydrogen-bond acceptors (Lipinski definition) is 7. The molecule has 192 valence electrons. The predicted molar refractivity (Wildman–Crippen MR) is 129 cm³/mol. The van der Waals surface area contributed by atoms with E-state index in [0.29, 0.717) is 57.2 Å². The maximum atomic E-state index is 13.2. The topological polar surface area (TPSA) is 123 Å². The van der Waals surface area contributed by atoms with Crippen molar-refractivity contribution in [2.24, 2.45) is 11.8 Å². The van der Waals surface area contributed by atoms with E-state index in [9.17, 15) is 19.2 Å². The number of ether oxygens (including phenoxy) is 2. The first-order chi connectivity index (χ1) is 16.6. The van der Waals surface area contributed by atoms with E-state index in [1.54, 1.807) is 24.3 Å². The first kappa shape index (κ1) is 26.7. The monoisotopic (exact) mass is 487 g/mol. The van der Waals surface area contributed by atoms with Crippen LogP contribution in [0, 0.1) is 11.8 Å². The highest BCUT2D eigenvalue weighted by Crippen LogP contribution is 2.36. The van der Waals surface area contributed by atoms with Crippen molar-refractivity contribution in [2.75, 3.05) is 20.2 Å². The maximum Gasteiger partial charge on any atom is 0.317 e. The zero-order chi connectivity index (χ0) is 25.6. The largest absolute Gasteiger partial charge is 0.469 e. The van der Waals surface area contributed by atoms with Crippen LogP contribution in [-0.2, 0) is 29.3 Å². The fraction of sp³-hybridized carbons (Fsp3) is 0.615. The van der Waals surface area contributed by atoms with E-state index >= 15 is 0 Å². The SMILES string of the molecule is COC(=O)C1CCC(C(=O)NNC(=O)c2ccc(C3(C(=O)OC(C)(C)C)CCNCC3)cc2)CC1. The molecule has 1 saturated heterocycles. The third-order valence-corrected chi connectivity index (χ3v) is 6.88. The molecule has 0 bridgehead atoms. The molecule has 2 amide bonds. The quantitative estimate of drug-likeness (QED) is 0.430. The van der Waals surface area contributed by atoms with Crippen molar-refractivity contribution >= 4 is 23.8 Å². The Morgan fingerprint density at radius 2 is 1.49 bits per heavy atom. The highest BCUT2D eigenvalue weighted by atomic mass is 16.6. The molecule has 35 heavy (non-hydrogen) atoms. The molecule has 1 aromatic carbocycles. The van der Waals surface area contributed by atoms with Crippen molar-refractivity contribution in [2.45, 2.75) is 70.3 Å². The summed E-state index contributed by atoms with van der Waals surface area (Å²) in [6.45, 7) is 6.97. The van der Waals surface area contributed by atoms with Crippen LogP contribution >= 0.6 is 0 Å². The minimum atomic E-state index is -0.759. The summed E-state index contributed by atoms with van der Waals surface area (Å²) in [7, 11) is 1.37. The number of nitrogens with one attached hydrogen (secondary N) is 3. The van der Waals surface area contributed by atoms with Gasteiger partial charge in [0.2, 0.25) is 5.91 Å². The molecule has 1 saturated carbocycles. The molecule has 1 aromatic rings. The van der Waals surface area contributed by atoms with Gasteiger partial charge in [-0.15, -0.1) is 0 Å². The van der Waals surface area contributed by atoms with Gasteiger partial charge in [0.25, 0.3) is 5.91 Å². The molecule has 1 heterocycles. The average Bonchev–Trinajstić information content (AvgIpc) is 2.86.